The molecule has 0 aliphatic heterocycles. The topological polar surface area (TPSA) is 35.6 Å². The SMILES string of the molecule is C=C/C=c1\c(=C)c2ccccc2c2c1nc(-c1ccc(-c3cccc4c(-c5ccc(-c6nc7c8ccccc8c8ccccc8c7n6C)cc5)cccc34)cc1)n2C. The fourth-order valence-corrected chi connectivity index (χ4v) is 9.30. The predicted molar refractivity (Wildman–Crippen MR) is 246 cm³/mol. The van der Waals surface area contributed by atoms with Crippen LogP contribution in [0.5, 0.6) is 0 Å². The standard InChI is InChI=1S/C54H38N4/c1-5-14-39-33(2)38-15-6-10-19-47(38)51-49(39)55-53(57(51)3)36-29-25-34(26-30-36)40-21-12-24-43-41(22-13-23-42(40)43)35-27-31-37(32-28-35)54-56-50-46-18-9-7-16-44(46)45-17-8-11-20-48(45)52(50)58(54)4/h5-32H,1-2H2,3-4H3/b39-14+. The molecule has 0 radical (unpaired) electrons. The highest BCUT2D eigenvalue weighted by atomic mass is 15.1. The van der Waals surface area contributed by atoms with Gasteiger partial charge in [-0.3, -0.25) is 0 Å². The summed E-state index contributed by atoms with van der Waals surface area (Å²) in [6, 6.07) is 56.7. The van der Waals surface area contributed by atoms with Crippen LogP contribution in [0.3, 0.4) is 0 Å². The van der Waals surface area contributed by atoms with Crippen LogP contribution in [0.4, 0.5) is 0 Å². The summed E-state index contributed by atoms with van der Waals surface area (Å²) < 4.78 is 4.46. The maximum absolute atomic E-state index is 5.28. The van der Waals surface area contributed by atoms with Gasteiger partial charge in [0.05, 0.1) is 22.1 Å². The van der Waals surface area contributed by atoms with E-state index < -0.39 is 0 Å². The molecule has 0 amide bonds. The lowest BCUT2D eigenvalue weighted by atomic mass is 9.92. The van der Waals surface area contributed by atoms with Gasteiger partial charge in [-0.25, -0.2) is 9.97 Å². The van der Waals surface area contributed by atoms with Crippen molar-refractivity contribution in [3.8, 4) is 45.0 Å². The summed E-state index contributed by atoms with van der Waals surface area (Å²) in [6.45, 7) is 8.41. The summed E-state index contributed by atoms with van der Waals surface area (Å²) in [6.07, 6.45) is 3.84. The number of hydrogen-bond donors (Lipinski definition) is 0. The number of aryl methyl sites for hydroxylation is 2. The molecule has 58 heavy (non-hydrogen) atoms. The Bertz CT molecular complexity index is 3600. The first-order chi connectivity index (χ1) is 28.5. The van der Waals surface area contributed by atoms with Crippen LogP contribution < -0.4 is 10.4 Å². The Morgan fingerprint density at radius 2 is 0.810 bits per heavy atom. The van der Waals surface area contributed by atoms with Crippen molar-refractivity contribution in [2.45, 2.75) is 0 Å². The molecule has 0 unspecified atom stereocenters. The Labute approximate surface area is 335 Å². The molecule has 0 N–H and O–H groups in total. The highest BCUT2D eigenvalue weighted by Gasteiger charge is 2.18. The fourth-order valence-electron chi connectivity index (χ4n) is 9.30. The first kappa shape index (κ1) is 33.8. The highest BCUT2D eigenvalue weighted by Crippen LogP contribution is 2.39. The van der Waals surface area contributed by atoms with Gasteiger partial charge < -0.3 is 9.13 Å². The van der Waals surface area contributed by atoms with Gasteiger partial charge in [-0.15, -0.1) is 0 Å². The molecule has 4 heteroatoms. The van der Waals surface area contributed by atoms with Gasteiger partial charge in [0.15, 0.2) is 0 Å². The monoisotopic (exact) mass is 742 g/mol. The molecule has 4 nitrogen and oxygen atoms in total. The van der Waals surface area contributed by atoms with Crippen molar-refractivity contribution >= 4 is 77.8 Å². The summed E-state index contributed by atoms with van der Waals surface area (Å²) in [7, 11) is 4.24. The van der Waals surface area contributed by atoms with Gasteiger partial charge >= 0.3 is 0 Å². The van der Waals surface area contributed by atoms with E-state index in [-0.39, 0.29) is 0 Å². The van der Waals surface area contributed by atoms with Crippen molar-refractivity contribution < 1.29 is 0 Å². The van der Waals surface area contributed by atoms with Crippen LogP contribution in [0, 0.1) is 0 Å². The molecule has 0 saturated heterocycles. The summed E-state index contributed by atoms with van der Waals surface area (Å²) in [5.41, 5.74) is 11.1. The molecule has 2 aromatic heterocycles. The summed E-state index contributed by atoms with van der Waals surface area (Å²) in [5, 5.41) is 11.6. The zero-order valence-corrected chi connectivity index (χ0v) is 32.4. The number of allylic oxidation sites excluding steroid dienone is 1. The molecule has 9 aromatic carbocycles. The Morgan fingerprint density at radius 1 is 0.414 bits per heavy atom. The van der Waals surface area contributed by atoms with Crippen molar-refractivity contribution in [3.05, 3.63) is 181 Å². The number of nitrogens with zero attached hydrogens (tertiary/aromatic N) is 4. The van der Waals surface area contributed by atoms with Gasteiger partial charge in [0.2, 0.25) is 0 Å². The van der Waals surface area contributed by atoms with E-state index in [2.05, 4.69) is 194 Å². The van der Waals surface area contributed by atoms with Crippen LogP contribution in [0.25, 0.3) is 123 Å². The lowest BCUT2D eigenvalue weighted by Crippen LogP contribution is -2.25. The van der Waals surface area contributed by atoms with E-state index in [1.807, 2.05) is 12.2 Å². The van der Waals surface area contributed by atoms with Gasteiger partial charge in [-0.05, 0) is 54.4 Å². The van der Waals surface area contributed by atoms with Gasteiger partial charge in [0, 0.05) is 46.6 Å². The van der Waals surface area contributed by atoms with Gasteiger partial charge in [0.25, 0.3) is 0 Å². The maximum Gasteiger partial charge on any atom is 0.140 e. The van der Waals surface area contributed by atoms with E-state index in [4.69, 9.17) is 9.97 Å². The number of hydrogen-bond acceptors (Lipinski definition) is 2. The Morgan fingerprint density at radius 3 is 1.34 bits per heavy atom. The number of rotatable bonds is 5. The van der Waals surface area contributed by atoms with Crippen molar-refractivity contribution in [2.75, 3.05) is 0 Å². The van der Waals surface area contributed by atoms with E-state index >= 15 is 0 Å². The van der Waals surface area contributed by atoms with Gasteiger partial charge in [-0.1, -0.05) is 183 Å². The first-order valence-electron chi connectivity index (χ1n) is 19.7. The molecule has 0 atom stereocenters. The lowest BCUT2D eigenvalue weighted by Gasteiger charge is -2.12. The highest BCUT2D eigenvalue weighted by molar-refractivity contribution is 6.24. The molecule has 0 spiro atoms. The Kier molecular flexibility index (Phi) is 7.57. The van der Waals surface area contributed by atoms with Crippen molar-refractivity contribution in [3.63, 3.8) is 0 Å². The van der Waals surface area contributed by atoms with E-state index in [1.165, 1.54) is 49.0 Å². The molecule has 0 fully saturated rings. The van der Waals surface area contributed by atoms with E-state index in [9.17, 15) is 0 Å². The zero-order valence-electron chi connectivity index (χ0n) is 32.4. The minimum atomic E-state index is 0.917. The lowest BCUT2D eigenvalue weighted by molar-refractivity contribution is 0.962. The number of imidazole rings is 2. The average molecular weight is 743 g/mol. The van der Waals surface area contributed by atoms with E-state index in [0.717, 1.165) is 71.6 Å². The third kappa shape index (κ3) is 4.95. The second-order valence-electron chi connectivity index (χ2n) is 15.2. The second kappa shape index (κ2) is 13.0. The summed E-state index contributed by atoms with van der Waals surface area (Å²) >= 11 is 0. The molecule has 0 saturated carbocycles. The molecular formula is C54H38N4. The number of benzene rings is 9. The summed E-state index contributed by atoms with van der Waals surface area (Å²) in [4.78, 5) is 10.5. The normalized spacial score (nSPS) is 12.2. The zero-order chi connectivity index (χ0) is 39.1. The van der Waals surface area contributed by atoms with Crippen LogP contribution >= 0.6 is 0 Å². The molecule has 274 valence electrons. The van der Waals surface area contributed by atoms with Crippen molar-refractivity contribution in [1.82, 2.24) is 19.1 Å². The van der Waals surface area contributed by atoms with Crippen LogP contribution in [0.1, 0.15) is 0 Å². The Hall–Kier alpha value is -7.56. The number of fused-ring (bicyclic) bond motifs is 10. The molecular weight excluding hydrogens is 705 g/mol. The molecule has 11 rings (SSSR count). The van der Waals surface area contributed by atoms with Crippen LogP contribution in [0.15, 0.2) is 170 Å². The molecule has 2 heterocycles. The molecule has 11 aromatic rings. The van der Waals surface area contributed by atoms with Gasteiger partial charge in [0.1, 0.15) is 11.6 Å². The predicted octanol–water partition coefficient (Wildman–Crippen LogP) is 12.1. The van der Waals surface area contributed by atoms with E-state index in [1.54, 1.807) is 0 Å². The molecule has 0 aliphatic carbocycles. The second-order valence-corrected chi connectivity index (χ2v) is 15.2. The minimum absolute atomic E-state index is 0.917. The van der Waals surface area contributed by atoms with Crippen molar-refractivity contribution in [1.29, 1.82) is 0 Å². The maximum atomic E-state index is 5.28. The number of aromatic nitrogens is 4. The Balaban J connectivity index is 0.965. The van der Waals surface area contributed by atoms with Crippen molar-refractivity contribution in [2.24, 2.45) is 14.1 Å². The summed E-state index contributed by atoms with van der Waals surface area (Å²) in [5.74, 6) is 1.88. The van der Waals surface area contributed by atoms with Gasteiger partial charge in [-0.2, -0.15) is 0 Å². The largest absolute Gasteiger partial charge is 0.327 e. The van der Waals surface area contributed by atoms with E-state index in [0.29, 0.717) is 0 Å². The first-order valence-corrected chi connectivity index (χ1v) is 19.7. The molecule has 0 bridgehead atoms. The van der Waals surface area contributed by atoms with Crippen LogP contribution in [0.2, 0.25) is 0 Å². The molecule has 0 aliphatic rings. The van der Waals surface area contributed by atoms with Crippen LogP contribution in [-0.2, 0) is 14.1 Å². The average Bonchev–Trinajstić information content (AvgIpc) is 3.81. The quantitative estimate of drug-likeness (QED) is 0.165. The third-order valence-electron chi connectivity index (χ3n) is 12.0. The minimum Gasteiger partial charge on any atom is -0.327 e. The smallest absolute Gasteiger partial charge is 0.140 e. The third-order valence-corrected chi connectivity index (χ3v) is 12.0. The fraction of sp³-hybridized carbons (Fsp3) is 0.0370. The van der Waals surface area contributed by atoms with Crippen LogP contribution in [-0.4, -0.2) is 19.1 Å².